The SMILES string of the molecule is CCc1nnc(CN2CCN(CC(O)COc3ccccc3)CC2)o1. The number of benzene rings is 1. The van der Waals surface area contributed by atoms with Crippen molar-refractivity contribution in [2.24, 2.45) is 0 Å². The van der Waals surface area contributed by atoms with Gasteiger partial charge in [-0.2, -0.15) is 0 Å². The molecule has 1 N–H and O–H groups in total. The fourth-order valence-corrected chi connectivity index (χ4v) is 2.88. The molecule has 1 unspecified atom stereocenters. The molecule has 1 atom stereocenters. The lowest BCUT2D eigenvalue weighted by molar-refractivity contribution is 0.0429. The van der Waals surface area contributed by atoms with Crippen LogP contribution in [0.15, 0.2) is 34.7 Å². The number of hydrogen-bond donors (Lipinski definition) is 1. The number of aromatic nitrogens is 2. The van der Waals surface area contributed by atoms with Gasteiger partial charge in [-0.1, -0.05) is 25.1 Å². The Labute approximate surface area is 148 Å². The first kappa shape index (κ1) is 17.8. The average Bonchev–Trinajstić information content (AvgIpc) is 3.10. The van der Waals surface area contributed by atoms with E-state index in [4.69, 9.17) is 9.15 Å². The molecule has 7 heteroatoms. The van der Waals surface area contributed by atoms with Crippen molar-refractivity contribution in [2.75, 3.05) is 39.3 Å². The van der Waals surface area contributed by atoms with E-state index in [2.05, 4.69) is 20.0 Å². The second kappa shape index (κ2) is 8.94. The molecular formula is C18H26N4O3. The summed E-state index contributed by atoms with van der Waals surface area (Å²) in [6, 6.07) is 9.58. The summed E-state index contributed by atoms with van der Waals surface area (Å²) in [7, 11) is 0. The van der Waals surface area contributed by atoms with Crippen LogP contribution in [0, 0.1) is 0 Å². The maximum atomic E-state index is 10.2. The number of piperazine rings is 1. The summed E-state index contributed by atoms with van der Waals surface area (Å²) in [5.74, 6) is 2.16. The van der Waals surface area contributed by atoms with Crippen molar-refractivity contribution in [3.8, 4) is 5.75 Å². The van der Waals surface area contributed by atoms with Crippen LogP contribution in [0.1, 0.15) is 18.7 Å². The highest BCUT2D eigenvalue weighted by atomic mass is 16.5. The molecule has 25 heavy (non-hydrogen) atoms. The molecule has 7 nitrogen and oxygen atoms in total. The number of hydrogen-bond acceptors (Lipinski definition) is 7. The highest BCUT2D eigenvalue weighted by Gasteiger charge is 2.21. The van der Waals surface area contributed by atoms with Gasteiger partial charge >= 0.3 is 0 Å². The summed E-state index contributed by atoms with van der Waals surface area (Å²) in [6.45, 7) is 7.32. The molecule has 1 aliphatic heterocycles. The zero-order chi connectivity index (χ0) is 17.5. The highest BCUT2D eigenvalue weighted by molar-refractivity contribution is 5.20. The lowest BCUT2D eigenvalue weighted by atomic mass is 10.2. The number of β-amino-alcohol motifs (C(OH)–C–C–N with tert-alkyl or cyclic N) is 1. The highest BCUT2D eigenvalue weighted by Crippen LogP contribution is 2.11. The predicted molar refractivity (Wildman–Crippen MR) is 93.3 cm³/mol. The van der Waals surface area contributed by atoms with Gasteiger partial charge in [0.2, 0.25) is 11.8 Å². The first-order valence-electron chi connectivity index (χ1n) is 8.85. The van der Waals surface area contributed by atoms with Crippen LogP contribution in [0.25, 0.3) is 0 Å². The summed E-state index contributed by atoms with van der Waals surface area (Å²) >= 11 is 0. The molecule has 1 fully saturated rings. The van der Waals surface area contributed by atoms with Gasteiger partial charge in [-0.15, -0.1) is 10.2 Å². The minimum atomic E-state index is -0.491. The van der Waals surface area contributed by atoms with Crippen molar-refractivity contribution in [3.63, 3.8) is 0 Å². The molecule has 0 amide bonds. The number of nitrogens with zero attached hydrogens (tertiary/aromatic N) is 4. The molecule has 0 spiro atoms. The molecule has 0 bridgehead atoms. The van der Waals surface area contributed by atoms with Crippen LogP contribution in [0.2, 0.25) is 0 Å². The van der Waals surface area contributed by atoms with E-state index >= 15 is 0 Å². The maximum absolute atomic E-state index is 10.2. The Balaban J connectivity index is 1.35. The Bertz CT molecular complexity index is 626. The molecule has 1 aliphatic rings. The normalized spacial score (nSPS) is 17.5. The molecule has 0 saturated carbocycles. The quantitative estimate of drug-likeness (QED) is 0.769. The summed E-state index contributed by atoms with van der Waals surface area (Å²) in [4.78, 5) is 4.57. The summed E-state index contributed by atoms with van der Waals surface area (Å²) in [5.41, 5.74) is 0. The largest absolute Gasteiger partial charge is 0.491 e. The Morgan fingerprint density at radius 2 is 1.76 bits per heavy atom. The van der Waals surface area contributed by atoms with E-state index in [1.165, 1.54) is 0 Å². The average molecular weight is 346 g/mol. The Morgan fingerprint density at radius 1 is 1.08 bits per heavy atom. The standard InChI is InChI=1S/C18H26N4O3/c1-2-17-19-20-18(25-17)13-22-10-8-21(9-11-22)12-15(23)14-24-16-6-4-3-5-7-16/h3-7,15,23H,2,8-14H2,1H3. The van der Waals surface area contributed by atoms with Crippen LogP contribution >= 0.6 is 0 Å². The Kier molecular flexibility index (Phi) is 6.38. The first-order valence-corrected chi connectivity index (χ1v) is 8.85. The summed E-state index contributed by atoms with van der Waals surface area (Å²) in [6.07, 6.45) is 0.277. The monoisotopic (exact) mass is 346 g/mol. The van der Waals surface area contributed by atoms with Gasteiger partial charge in [0, 0.05) is 39.1 Å². The number of aliphatic hydroxyl groups is 1. The van der Waals surface area contributed by atoms with Gasteiger partial charge in [0.15, 0.2) is 0 Å². The molecule has 1 saturated heterocycles. The van der Waals surface area contributed by atoms with Gasteiger partial charge in [-0.3, -0.25) is 9.80 Å². The van der Waals surface area contributed by atoms with Gasteiger partial charge in [-0.25, -0.2) is 0 Å². The smallest absolute Gasteiger partial charge is 0.230 e. The molecular weight excluding hydrogens is 320 g/mol. The van der Waals surface area contributed by atoms with Crippen molar-refractivity contribution in [1.82, 2.24) is 20.0 Å². The summed E-state index contributed by atoms with van der Waals surface area (Å²) in [5, 5.41) is 18.3. The van der Waals surface area contributed by atoms with E-state index in [-0.39, 0.29) is 0 Å². The minimum absolute atomic E-state index is 0.312. The molecule has 2 heterocycles. The van der Waals surface area contributed by atoms with Crippen LogP contribution in [-0.2, 0) is 13.0 Å². The van der Waals surface area contributed by atoms with E-state index in [9.17, 15) is 5.11 Å². The number of ether oxygens (including phenoxy) is 1. The number of aryl methyl sites for hydroxylation is 1. The summed E-state index contributed by atoms with van der Waals surface area (Å²) < 4.78 is 11.2. The van der Waals surface area contributed by atoms with Crippen LogP contribution in [0.4, 0.5) is 0 Å². The van der Waals surface area contributed by atoms with Gasteiger partial charge in [-0.05, 0) is 12.1 Å². The third-order valence-corrected chi connectivity index (χ3v) is 4.29. The van der Waals surface area contributed by atoms with Gasteiger partial charge in [0.25, 0.3) is 0 Å². The number of aliphatic hydroxyl groups excluding tert-OH is 1. The molecule has 0 radical (unpaired) electrons. The van der Waals surface area contributed by atoms with E-state index < -0.39 is 6.10 Å². The lowest BCUT2D eigenvalue weighted by Crippen LogP contribution is -2.48. The van der Waals surface area contributed by atoms with Crippen molar-refractivity contribution >= 4 is 0 Å². The van der Waals surface area contributed by atoms with Gasteiger partial charge in [0.1, 0.15) is 18.5 Å². The number of para-hydroxylation sites is 1. The van der Waals surface area contributed by atoms with Gasteiger partial charge < -0.3 is 14.3 Å². The number of rotatable bonds is 8. The zero-order valence-corrected chi connectivity index (χ0v) is 14.7. The van der Waals surface area contributed by atoms with Crippen molar-refractivity contribution in [1.29, 1.82) is 0 Å². The molecule has 2 aromatic rings. The Hall–Kier alpha value is -1.96. The maximum Gasteiger partial charge on any atom is 0.230 e. The molecule has 1 aromatic carbocycles. The van der Waals surface area contributed by atoms with Crippen molar-refractivity contribution in [2.45, 2.75) is 26.0 Å². The fraction of sp³-hybridized carbons (Fsp3) is 0.556. The molecule has 0 aliphatic carbocycles. The second-order valence-electron chi connectivity index (χ2n) is 6.30. The molecule has 136 valence electrons. The molecule has 1 aromatic heterocycles. The van der Waals surface area contributed by atoms with E-state index in [0.717, 1.165) is 38.3 Å². The fourth-order valence-electron chi connectivity index (χ4n) is 2.88. The predicted octanol–water partition coefficient (Wildman–Crippen LogP) is 1.19. The van der Waals surface area contributed by atoms with Crippen molar-refractivity contribution in [3.05, 3.63) is 42.1 Å². The molecule has 3 rings (SSSR count). The van der Waals surface area contributed by atoms with Gasteiger partial charge in [0.05, 0.1) is 6.54 Å². The van der Waals surface area contributed by atoms with Crippen LogP contribution in [0.3, 0.4) is 0 Å². The zero-order valence-electron chi connectivity index (χ0n) is 14.7. The lowest BCUT2D eigenvalue weighted by Gasteiger charge is -2.34. The topological polar surface area (TPSA) is 74.9 Å². The third-order valence-electron chi connectivity index (χ3n) is 4.29. The Morgan fingerprint density at radius 3 is 2.44 bits per heavy atom. The van der Waals surface area contributed by atoms with Crippen LogP contribution < -0.4 is 4.74 Å². The van der Waals surface area contributed by atoms with E-state index in [1.54, 1.807) is 0 Å². The van der Waals surface area contributed by atoms with E-state index in [0.29, 0.717) is 31.5 Å². The van der Waals surface area contributed by atoms with Crippen molar-refractivity contribution < 1.29 is 14.3 Å². The second-order valence-corrected chi connectivity index (χ2v) is 6.30. The van der Waals surface area contributed by atoms with Crippen LogP contribution in [-0.4, -0.2) is 70.5 Å². The first-order chi connectivity index (χ1) is 12.2. The third kappa shape index (κ3) is 5.52. The minimum Gasteiger partial charge on any atom is -0.491 e. The van der Waals surface area contributed by atoms with E-state index in [1.807, 2.05) is 37.3 Å². The van der Waals surface area contributed by atoms with Crippen LogP contribution in [0.5, 0.6) is 5.75 Å².